The van der Waals surface area contributed by atoms with E-state index in [1.54, 1.807) is 34.6 Å². The molecule has 0 spiro atoms. The monoisotopic (exact) mass is 423 g/mol. The Bertz CT molecular complexity index is 977. The molecule has 1 aromatic heterocycles. The van der Waals surface area contributed by atoms with Crippen molar-refractivity contribution in [3.63, 3.8) is 0 Å². The molecule has 8 nitrogen and oxygen atoms in total. The van der Waals surface area contributed by atoms with Crippen LogP contribution in [0.3, 0.4) is 0 Å². The number of aliphatic imine (C=N–C) groups is 1. The summed E-state index contributed by atoms with van der Waals surface area (Å²) < 4.78 is 18.3. The van der Waals surface area contributed by atoms with E-state index in [4.69, 9.17) is 14.2 Å². The molecule has 2 aromatic carbocycles. The molecule has 0 aliphatic rings. The molecule has 0 amide bonds. The summed E-state index contributed by atoms with van der Waals surface area (Å²) in [5, 5.41) is 6.68. The smallest absolute Gasteiger partial charge is 0.203 e. The van der Waals surface area contributed by atoms with Crippen molar-refractivity contribution < 1.29 is 14.2 Å². The minimum atomic E-state index is 0.553. The highest BCUT2D eigenvalue weighted by Gasteiger charge is 2.13. The second kappa shape index (κ2) is 10.9. The maximum absolute atomic E-state index is 5.42. The number of nitrogens with one attached hydrogen (secondary N) is 2. The number of aromatic nitrogens is 2. The van der Waals surface area contributed by atoms with E-state index in [1.807, 2.05) is 29.2 Å². The van der Waals surface area contributed by atoms with Gasteiger partial charge in [0, 0.05) is 39.1 Å². The van der Waals surface area contributed by atoms with Crippen molar-refractivity contribution in [3.8, 4) is 17.2 Å². The van der Waals surface area contributed by atoms with E-state index in [1.165, 1.54) is 11.1 Å². The second-order valence-corrected chi connectivity index (χ2v) is 6.87. The van der Waals surface area contributed by atoms with Crippen LogP contribution in [0.15, 0.2) is 60.1 Å². The molecular weight excluding hydrogens is 394 g/mol. The Kier molecular flexibility index (Phi) is 7.75. The quantitative estimate of drug-likeness (QED) is 0.407. The first-order valence-corrected chi connectivity index (χ1v) is 9.93. The zero-order valence-corrected chi connectivity index (χ0v) is 18.4. The average molecular weight is 424 g/mol. The first-order chi connectivity index (χ1) is 15.2. The van der Waals surface area contributed by atoms with Crippen LogP contribution in [0.5, 0.6) is 17.2 Å². The number of rotatable bonds is 9. The normalized spacial score (nSPS) is 11.2. The molecule has 31 heavy (non-hydrogen) atoms. The van der Waals surface area contributed by atoms with Gasteiger partial charge in [-0.25, -0.2) is 4.98 Å². The first kappa shape index (κ1) is 22.0. The van der Waals surface area contributed by atoms with Crippen LogP contribution in [0.1, 0.15) is 16.7 Å². The number of guanidine groups is 1. The van der Waals surface area contributed by atoms with E-state index in [-0.39, 0.29) is 0 Å². The summed E-state index contributed by atoms with van der Waals surface area (Å²) in [6.07, 6.45) is 5.56. The summed E-state index contributed by atoms with van der Waals surface area (Å²) in [7, 11) is 6.56. The van der Waals surface area contributed by atoms with E-state index in [9.17, 15) is 0 Å². The molecule has 164 valence electrons. The van der Waals surface area contributed by atoms with Gasteiger partial charge in [0.25, 0.3) is 0 Å². The maximum atomic E-state index is 5.42. The summed E-state index contributed by atoms with van der Waals surface area (Å²) in [6, 6.07) is 12.3. The van der Waals surface area contributed by atoms with Crippen molar-refractivity contribution in [2.75, 3.05) is 28.4 Å². The molecule has 0 unspecified atom stereocenters. The lowest BCUT2D eigenvalue weighted by Crippen LogP contribution is -2.36. The van der Waals surface area contributed by atoms with Gasteiger partial charge in [-0.15, -0.1) is 0 Å². The summed E-state index contributed by atoms with van der Waals surface area (Å²) in [5.74, 6) is 2.52. The fourth-order valence-electron chi connectivity index (χ4n) is 3.26. The predicted octanol–water partition coefficient (Wildman–Crippen LogP) is 2.82. The van der Waals surface area contributed by atoms with Crippen LogP contribution in [0.4, 0.5) is 0 Å². The van der Waals surface area contributed by atoms with Gasteiger partial charge in [0.2, 0.25) is 5.75 Å². The molecule has 0 bridgehead atoms. The van der Waals surface area contributed by atoms with Crippen molar-refractivity contribution in [2.24, 2.45) is 4.99 Å². The Morgan fingerprint density at radius 2 is 1.61 bits per heavy atom. The lowest BCUT2D eigenvalue weighted by atomic mass is 10.1. The molecule has 0 atom stereocenters. The minimum Gasteiger partial charge on any atom is -0.493 e. The number of hydrogen-bond acceptors (Lipinski definition) is 5. The molecule has 3 rings (SSSR count). The zero-order chi connectivity index (χ0) is 22.1. The zero-order valence-electron chi connectivity index (χ0n) is 18.4. The lowest BCUT2D eigenvalue weighted by molar-refractivity contribution is 0.323. The predicted molar refractivity (Wildman–Crippen MR) is 121 cm³/mol. The Labute approximate surface area is 182 Å². The van der Waals surface area contributed by atoms with Gasteiger partial charge in [-0.2, -0.15) is 0 Å². The van der Waals surface area contributed by atoms with Crippen LogP contribution in [0, 0.1) is 0 Å². The standard InChI is InChI=1S/C23H29N5O3/c1-24-23(27-14-19-11-20(29-2)22(31-4)21(12-19)30-3)26-13-17-6-5-7-18(10-17)15-28-9-8-25-16-28/h5-12,16H,13-15H2,1-4H3,(H2,24,26,27). The fourth-order valence-corrected chi connectivity index (χ4v) is 3.26. The number of nitrogens with zero attached hydrogens (tertiary/aromatic N) is 3. The molecule has 0 aliphatic heterocycles. The SMILES string of the molecule is CN=C(NCc1cccc(Cn2ccnc2)c1)NCc1cc(OC)c(OC)c(OC)c1. The maximum Gasteiger partial charge on any atom is 0.203 e. The van der Waals surface area contributed by atoms with E-state index in [0.717, 1.165) is 12.1 Å². The first-order valence-electron chi connectivity index (χ1n) is 9.93. The molecule has 0 aliphatic carbocycles. The Balaban J connectivity index is 1.59. The van der Waals surface area contributed by atoms with Gasteiger partial charge in [0.1, 0.15) is 0 Å². The van der Waals surface area contributed by atoms with Gasteiger partial charge in [-0.3, -0.25) is 4.99 Å². The molecule has 1 heterocycles. The van der Waals surface area contributed by atoms with Crippen LogP contribution < -0.4 is 24.8 Å². The summed E-state index contributed by atoms with van der Waals surface area (Å²) >= 11 is 0. The van der Waals surface area contributed by atoms with E-state index in [2.05, 4.69) is 44.9 Å². The topological polar surface area (TPSA) is 81.9 Å². The molecule has 0 saturated carbocycles. The van der Waals surface area contributed by atoms with Crippen LogP contribution in [0.25, 0.3) is 0 Å². The minimum absolute atomic E-state index is 0.553. The third-order valence-electron chi connectivity index (χ3n) is 4.78. The number of ether oxygens (including phenoxy) is 3. The second-order valence-electron chi connectivity index (χ2n) is 6.87. The highest BCUT2D eigenvalue weighted by atomic mass is 16.5. The average Bonchev–Trinajstić information content (AvgIpc) is 3.31. The Morgan fingerprint density at radius 3 is 2.19 bits per heavy atom. The molecule has 0 fully saturated rings. The van der Waals surface area contributed by atoms with Gasteiger partial charge in [0.05, 0.1) is 27.7 Å². The van der Waals surface area contributed by atoms with E-state index in [0.29, 0.717) is 36.3 Å². The summed E-state index contributed by atoms with van der Waals surface area (Å²) in [5.41, 5.74) is 3.38. The number of methoxy groups -OCH3 is 3. The van der Waals surface area contributed by atoms with E-state index < -0.39 is 0 Å². The van der Waals surface area contributed by atoms with Crippen molar-refractivity contribution in [2.45, 2.75) is 19.6 Å². The van der Waals surface area contributed by atoms with Gasteiger partial charge in [-0.05, 0) is 28.8 Å². The molecule has 8 heteroatoms. The molecule has 2 N–H and O–H groups in total. The van der Waals surface area contributed by atoms with Gasteiger partial charge in [0.15, 0.2) is 17.5 Å². The molecule has 3 aromatic rings. The van der Waals surface area contributed by atoms with Crippen LogP contribution in [-0.4, -0.2) is 43.9 Å². The third kappa shape index (κ3) is 5.91. The number of imidazole rings is 1. The van der Waals surface area contributed by atoms with Gasteiger partial charge >= 0.3 is 0 Å². The van der Waals surface area contributed by atoms with Crippen molar-refractivity contribution in [1.82, 2.24) is 20.2 Å². The number of hydrogen-bond donors (Lipinski definition) is 2. The van der Waals surface area contributed by atoms with Crippen LogP contribution in [0.2, 0.25) is 0 Å². The van der Waals surface area contributed by atoms with Gasteiger partial charge in [-0.1, -0.05) is 24.3 Å². The van der Waals surface area contributed by atoms with Crippen molar-refractivity contribution in [1.29, 1.82) is 0 Å². The fraction of sp³-hybridized carbons (Fsp3) is 0.304. The third-order valence-corrected chi connectivity index (χ3v) is 4.78. The van der Waals surface area contributed by atoms with Crippen molar-refractivity contribution in [3.05, 3.63) is 71.8 Å². The van der Waals surface area contributed by atoms with Crippen molar-refractivity contribution >= 4 is 5.96 Å². The largest absolute Gasteiger partial charge is 0.493 e. The summed E-state index contributed by atoms with van der Waals surface area (Å²) in [6.45, 7) is 2.01. The Hall–Kier alpha value is -3.68. The Morgan fingerprint density at radius 1 is 0.935 bits per heavy atom. The number of benzene rings is 2. The van der Waals surface area contributed by atoms with Crippen LogP contribution in [-0.2, 0) is 19.6 Å². The molecule has 0 saturated heterocycles. The summed E-state index contributed by atoms with van der Waals surface area (Å²) in [4.78, 5) is 8.41. The van der Waals surface area contributed by atoms with Gasteiger partial charge < -0.3 is 29.4 Å². The highest BCUT2D eigenvalue weighted by Crippen LogP contribution is 2.38. The van der Waals surface area contributed by atoms with E-state index >= 15 is 0 Å². The lowest BCUT2D eigenvalue weighted by Gasteiger charge is -2.16. The van der Waals surface area contributed by atoms with Crippen LogP contribution >= 0.6 is 0 Å². The molecular formula is C23H29N5O3. The molecule has 0 radical (unpaired) electrons. The highest BCUT2D eigenvalue weighted by molar-refractivity contribution is 5.79.